The second kappa shape index (κ2) is 5.44. The van der Waals surface area contributed by atoms with Gasteiger partial charge in [-0.1, -0.05) is 0 Å². The Morgan fingerprint density at radius 1 is 1.64 bits per heavy atom. The molecule has 0 saturated carbocycles. The Morgan fingerprint density at radius 2 is 2.43 bits per heavy atom. The van der Waals surface area contributed by atoms with Crippen LogP contribution in [-0.4, -0.2) is 13.1 Å². The van der Waals surface area contributed by atoms with Gasteiger partial charge in [-0.05, 0) is 19.1 Å². The summed E-state index contributed by atoms with van der Waals surface area (Å²) < 4.78 is 4.44. The zero-order valence-electron chi connectivity index (χ0n) is 8.24. The summed E-state index contributed by atoms with van der Waals surface area (Å²) in [5.41, 5.74) is 0. The molecule has 1 heterocycles. The summed E-state index contributed by atoms with van der Waals surface area (Å²) in [5.74, 6) is -0.347. The van der Waals surface area contributed by atoms with E-state index >= 15 is 0 Å². The maximum Gasteiger partial charge on any atom is 0.331 e. The van der Waals surface area contributed by atoms with Crippen LogP contribution in [0.3, 0.4) is 0 Å². The zero-order valence-corrected chi connectivity index (χ0v) is 9.06. The molecule has 4 heteroatoms. The number of carbonyl (C=O) groups is 1. The van der Waals surface area contributed by atoms with Crippen LogP contribution in [0.15, 0.2) is 24.4 Å². The molecule has 1 N–H and O–H groups in total. The third-order valence-electron chi connectivity index (χ3n) is 1.61. The molecular formula is C10H13NO2S. The van der Waals surface area contributed by atoms with Crippen LogP contribution in [-0.2, 0) is 16.1 Å². The summed E-state index contributed by atoms with van der Waals surface area (Å²) >= 11 is 1.74. The number of carbonyl (C=O) groups excluding carboxylic acids is 1. The van der Waals surface area contributed by atoms with E-state index in [1.165, 1.54) is 22.9 Å². The number of rotatable bonds is 4. The number of ether oxygens (including phenoxy) is 1. The zero-order chi connectivity index (χ0) is 10.4. The average Bonchev–Trinajstić information content (AvgIpc) is 2.58. The molecule has 0 amide bonds. The average molecular weight is 211 g/mol. The number of esters is 1. The second-order valence-electron chi connectivity index (χ2n) is 2.75. The number of hydrogen-bond donors (Lipinski definition) is 1. The minimum atomic E-state index is -0.347. The number of thiophene rings is 1. The fourth-order valence-electron chi connectivity index (χ4n) is 0.935. The molecule has 0 atom stereocenters. The first-order chi connectivity index (χ1) is 6.72. The number of methoxy groups -OCH3 is 1. The molecule has 1 rings (SSSR count). The minimum absolute atomic E-state index is 0.347. The van der Waals surface area contributed by atoms with Crippen molar-refractivity contribution < 1.29 is 9.53 Å². The van der Waals surface area contributed by atoms with Crippen LogP contribution in [0.4, 0.5) is 0 Å². The summed E-state index contributed by atoms with van der Waals surface area (Å²) in [6, 6.07) is 4.14. The van der Waals surface area contributed by atoms with Crippen molar-refractivity contribution in [2.45, 2.75) is 13.5 Å². The molecule has 0 bridgehead atoms. The molecule has 0 unspecified atom stereocenters. The highest BCUT2D eigenvalue weighted by molar-refractivity contribution is 7.11. The van der Waals surface area contributed by atoms with Gasteiger partial charge < -0.3 is 10.1 Å². The van der Waals surface area contributed by atoms with Crippen molar-refractivity contribution in [3.8, 4) is 0 Å². The molecule has 0 spiro atoms. The van der Waals surface area contributed by atoms with E-state index < -0.39 is 0 Å². The molecule has 14 heavy (non-hydrogen) atoms. The van der Waals surface area contributed by atoms with Gasteiger partial charge in [-0.3, -0.25) is 0 Å². The molecule has 0 aliphatic carbocycles. The normalized spacial score (nSPS) is 10.4. The summed E-state index contributed by atoms with van der Waals surface area (Å²) in [6.07, 6.45) is 2.96. The summed E-state index contributed by atoms with van der Waals surface area (Å²) in [6.45, 7) is 2.81. The maximum absolute atomic E-state index is 10.7. The van der Waals surface area contributed by atoms with Crippen LogP contribution < -0.4 is 5.32 Å². The van der Waals surface area contributed by atoms with E-state index in [0.29, 0.717) is 0 Å². The van der Waals surface area contributed by atoms with E-state index in [1.54, 1.807) is 17.5 Å². The first kappa shape index (κ1) is 10.8. The summed E-state index contributed by atoms with van der Waals surface area (Å²) in [5, 5.41) is 3.01. The van der Waals surface area contributed by atoms with Crippen molar-refractivity contribution >= 4 is 17.3 Å². The van der Waals surface area contributed by atoms with Crippen LogP contribution in [0.5, 0.6) is 0 Å². The summed E-state index contributed by atoms with van der Waals surface area (Å²) in [7, 11) is 1.36. The smallest absolute Gasteiger partial charge is 0.331 e. The quantitative estimate of drug-likeness (QED) is 0.610. The first-order valence-corrected chi connectivity index (χ1v) is 5.07. The lowest BCUT2D eigenvalue weighted by atomic mass is 10.4. The van der Waals surface area contributed by atoms with E-state index in [2.05, 4.69) is 29.1 Å². The van der Waals surface area contributed by atoms with Gasteiger partial charge in [-0.25, -0.2) is 4.79 Å². The lowest BCUT2D eigenvalue weighted by Crippen LogP contribution is -2.04. The molecule has 0 fully saturated rings. The third-order valence-corrected chi connectivity index (χ3v) is 2.61. The van der Waals surface area contributed by atoms with E-state index in [0.717, 1.165) is 6.54 Å². The van der Waals surface area contributed by atoms with Crippen LogP contribution in [0.1, 0.15) is 9.75 Å². The van der Waals surface area contributed by atoms with Gasteiger partial charge in [-0.2, -0.15) is 0 Å². The predicted octanol–water partition coefficient (Wildman–Crippen LogP) is 1.83. The van der Waals surface area contributed by atoms with E-state index in [9.17, 15) is 4.79 Å². The lowest BCUT2D eigenvalue weighted by molar-refractivity contribution is -0.134. The number of nitrogens with one attached hydrogen (secondary N) is 1. The monoisotopic (exact) mass is 211 g/mol. The SMILES string of the molecule is COC(=O)/C=C/NCc1ccc(C)s1. The highest BCUT2D eigenvalue weighted by Crippen LogP contribution is 2.14. The van der Waals surface area contributed by atoms with Crippen molar-refractivity contribution in [3.63, 3.8) is 0 Å². The molecule has 0 radical (unpaired) electrons. The van der Waals surface area contributed by atoms with E-state index in [1.807, 2.05) is 0 Å². The van der Waals surface area contributed by atoms with Gasteiger partial charge in [0.2, 0.25) is 0 Å². The fourth-order valence-corrected chi connectivity index (χ4v) is 1.78. The van der Waals surface area contributed by atoms with Crippen molar-refractivity contribution in [1.29, 1.82) is 0 Å². The standard InChI is InChI=1S/C10H13NO2S/c1-8-3-4-9(14-8)7-11-6-5-10(12)13-2/h3-6,11H,7H2,1-2H3/b6-5+. The Balaban J connectivity index is 2.28. The Labute approximate surface area is 87.4 Å². The molecule has 0 saturated heterocycles. The first-order valence-electron chi connectivity index (χ1n) is 4.25. The Kier molecular flexibility index (Phi) is 4.19. The highest BCUT2D eigenvalue weighted by atomic mass is 32.1. The molecule has 3 nitrogen and oxygen atoms in total. The van der Waals surface area contributed by atoms with Gasteiger partial charge in [0.1, 0.15) is 0 Å². The maximum atomic E-state index is 10.7. The topological polar surface area (TPSA) is 38.3 Å². The van der Waals surface area contributed by atoms with Crippen molar-refractivity contribution in [2.24, 2.45) is 0 Å². The number of aryl methyl sites for hydroxylation is 1. The van der Waals surface area contributed by atoms with Gasteiger partial charge in [0.25, 0.3) is 0 Å². The number of hydrogen-bond acceptors (Lipinski definition) is 4. The van der Waals surface area contributed by atoms with Crippen LogP contribution in [0.2, 0.25) is 0 Å². The van der Waals surface area contributed by atoms with Crippen LogP contribution in [0.25, 0.3) is 0 Å². The van der Waals surface area contributed by atoms with Gasteiger partial charge in [-0.15, -0.1) is 11.3 Å². The summed E-state index contributed by atoms with van der Waals surface area (Å²) in [4.78, 5) is 13.2. The largest absolute Gasteiger partial charge is 0.466 e. The molecule has 1 aromatic rings. The second-order valence-corrected chi connectivity index (χ2v) is 4.12. The van der Waals surface area contributed by atoms with Crippen molar-refractivity contribution in [2.75, 3.05) is 7.11 Å². The molecular weight excluding hydrogens is 198 g/mol. The van der Waals surface area contributed by atoms with Crippen LogP contribution in [0, 0.1) is 6.92 Å². The minimum Gasteiger partial charge on any atom is -0.466 e. The fraction of sp³-hybridized carbons (Fsp3) is 0.300. The highest BCUT2D eigenvalue weighted by Gasteiger charge is 1.94. The molecule has 76 valence electrons. The molecule has 0 aromatic carbocycles. The molecule has 0 aliphatic rings. The molecule has 1 aromatic heterocycles. The molecule has 0 aliphatic heterocycles. The van der Waals surface area contributed by atoms with E-state index in [4.69, 9.17) is 0 Å². The predicted molar refractivity (Wildman–Crippen MR) is 57.1 cm³/mol. The Morgan fingerprint density at radius 3 is 3.00 bits per heavy atom. The Bertz CT molecular complexity index is 331. The van der Waals surface area contributed by atoms with E-state index in [-0.39, 0.29) is 5.97 Å². The van der Waals surface area contributed by atoms with Crippen LogP contribution >= 0.6 is 11.3 Å². The van der Waals surface area contributed by atoms with Crippen molar-refractivity contribution in [3.05, 3.63) is 34.2 Å². The van der Waals surface area contributed by atoms with Crippen molar-refractivity contribution in [1.82, 2.24) is 5.32 Å². The third kappa shape index (κ3) is 3.62. The van der Waals surface area contributed by atoms with Gasteiger partial charge >= 0.3 is 5.97 Å². The van der Waals surface area contributed by atoms with Gasteiger partial charge in [0.05, 0.1) is 7.11 Å². The lowest BCUT2D eigenvalue weighted by Gasteiger charge is -1.96. The van der Waals surface area contributed by atoms with Gasteiger partial charge in [0.15, 0.2) is 0 Å². The Hall–Kier alpha value is -1.29. The van der Waals surface area contributed by atoms with Gasteiger partial charge in [0, 0.05) is 28.6 Å².